The van der Waals surface area contributed by atoms with E-state index in [9.17, 15) is 4.79 Å². The van der Waals surface area contributed by atoms with Crippen LogP contribution in [0.2, 0.25) is 0 Å². The fraction of sp³-hybridized carbons (Fsp3) is 0.133. The number of carbonyl (C=O) groups excluding carboxylic acids is 1. The summed E-state index contributed by atoms with van der Waals surface area (Å²) < 4.78 is 10.6. The molecule has 1 aliphatic rings. The molecule has 0 spiro atoms. The minimum absolute atomic E-state index is 0.0257. The van der Waals surface area contributed by atoms with E-state index in [-0.39, 0.29) is 5.78 Å². The highest BCUT2D eigenvalue weighted by molar-refractivity contribution is 6.22. The summed E-state index contributed by atoms with van der Waals surface area (Å²) in [6, 6.07) is 11.1. The van der Waals surface area contributed by atoms with Crippen LogP contribution < -0.4 is 9.47 Å². The zero-order valence-corrected chi connectivity index (χ0v) is 10.2. The van der Waals surface area contributed by atoms with E-state index in [0.29, 0.717) is 17.1 Å². The summed E-state index contributed by atoms with van der Waals surface area (Å²) in [5.74, 6) is 1.33. The molecule has 18 heavy (non-hydrogen) atoms. The third kappa shape index (κ3) is 1.34. The highest BCUT2D eigenvalue weighted by atomic mass is 16.5. The number of ketones is 1. The SMILES string of the molecule is COc1cc(OC)c2c(c1)C(=O)c1ccccc1-2. The molecule has 0 aliphatic heterocycles. The van der Waals surface area contributed by atoms with E-state index in [1.54, 1.807) is 26.4 Å². The number of carbonyl (C=O) groups is 1. The van der Waals surface area contributed by atoms with Gasteiger partial charge in [-0.1, -0.05) is 24.3 Å². The molecule has 3 rings (SSSR count). The van der Waals surface area contributed by atoms with Crippen LogP contribution in [0.5, 0.6) is 11.5 Å². The number of fused-ring (bicyclic) bond motifs is 3. The summed E-state index contributed by atoms with van der Waals surface area (Å²) in [5, 5.41) is 0. The van der Waals surface area contributed by atoms with Crippen LogP contribution in [0.1, 0.15) is 15.9 Å². The van der Waals surface area contributed by atoms with Crippen molar-refractivity contribution in [2.75, 3.05) is 14.2 Å². The Kier molecular flexibility index (Phi) is 2.33. The van der Waals surface area contributed by atoms with E-state index in [4.69, 9.17) is 9.47 Å². The monoisotopic (exact) mass is 240 g/mol. The highest BCUT2D eigenvalue weighted by Crippen LogP contribution is 2.44. The van der Waals surface area contributed by atoms with Gasteiger partial charge in [0.15, 0.2) is 5.78 Å². The number of benzene rings is 2. The normalized spacial score (nSPS) is 12.0. The van der Waals surface area contributed by atoms with Crippen molar-refractivity contribution in [1.82, 2.24) is 0 Å². The smallest absolute Gasteiger partial charge is 0.194 e. The predicted molar refractivity (Wildman–Crippen MR) is 68.4 cm³/mol. The second-order valence-electron chi connectivity index (χ2n) is 4.13. The van der Waals surface area contributed by atoms with Crippen LogP contribution in [-0.4, -0.2) is 20.0 Å². The van der Waals surface area contributed by atoms with Crippen molar-refractivity contribution >= 4 is 5.78 Å². The minimum atomic E-state index is 0.0257. The maximum atomic E-state index is 12.3. The van der Waals surface area contributed by atoms with Crippen LogP contribution in [0, 0.1) is 0 Å². The Labute approximate surface area is 105 Å². The molecule has 0 radical (unpaired) electrons. The van der Waals surface area contributed by atoms with Crippen molar-refractivity contribution in [1.29, 1.82) is 0 Å². The summed E-state index contributed by atoms with van der Waals surface area (Å²) in [5.41, 5.74) is 3.15. The summed E-state index contributed by atoms with van der Waals surface area (Å²) in [4.78, 5) is 12.3. The minimum Gasteiger partial charge on any atom is -0.497 e. The molecule has 0 unspecified atom stereocenters. The lowest BCUT2D eigenvalue weighted by Gasteiger charge is -2.09. The van der Waals surface area contributed by atoms with Gasteiger partial charge in [0.25, 0.3) is 0 Å². The van der Waals surface area contributed by atoms with Gasteiger partial charge < -0.3 is 9.47 Å². The number of hydrogen-bond acceptors (Lipinski definition) is 3. The van der Waals surface area contributed by atoms with Gasteiger partial charge in [-0.3, -0.25) is 4.79 Å². The van der Waals surface area contributed by atoms with Gasteiger partial charge in [0.1, 0.15) is 11.5 Å². The lowest BCUT2D eigenvalue weighted by Crippen LogP contribution is -1.97. The summed E-state index contributed by atoms with van der Waals surface area (Å²) in [6.45, 7) is 0. The molecule has 0 fully saturated rings. The van der Waals surface area contributed by atoms with E-state index < -0.39 is 0 Å². The molecular weight excluding hydrogens is 228 g/mol. The van der Waals surface area contributed by atoms with Crippen molar-refractivity contribution in [2.24, 2.45) is 0 Å². The van der Waals surface area contributed by atoms with Crippen molar-refractivity contribution in [2.45, 2.75) is 0 Å². The fourth-order valence-electron chi connectivity index (χ4n) is 2.37. The van der Waals surface area contributed by atoms with Crippen LogP contribution in [0.25, 0.3) is 11.1 Å². The first kappa shape index (κ1) is 10.8. The van der Waals surface area contributed by atoms with Crippen LogP contribution in [-0.2, 0) is 0 Å². The van der Waals surface area contributed by atoms with E-state index in [0.717, 1.165) is 16.7 Å². The quantitative estimate of drug-likeness (QED) is 0.691. The third-order valence-corrected chi connectivity index (χ3v) is 3.22. The fourth-order valence-corrected chi connectivity index (χ4v) is 2.37. The molecule has 0 N–H and O–H groups in total. The molecule has 0 aromatic heterocycles. The van der Waals surface area contributed by atoms with E-state index >= 15 is 0 Å². The first-order chi connectivity index (χ1) is 8.76. The van der Waals surface area contributed by atoms with E-state index in [1.807, 2.05) is 24.3 Å². The molecule has 3 nitrogen and oxygen atoms in total. The molecule has 90 valence electrons. The third-order valence-electron chi connectivity index (χ3n) is 3.22. The van der Waals surface area contributed by atoms with Crippen LogP contribution in [0.4, 0.5) is 0 Å². The molecule has 1 aliphatic carbocycles. The number of rotatable bonds is 2. The van der Waals surface area contributed by atoms with Gasteiger partial charge in [-0.15, -0.1) is 0 Å². The summed E-state index contributed by atoms with van der Waals surface area (Å²) in [7, 11) is 3.17. The van der Waals surface area contributed by atoms with E-state index in [1.165, 1.54) is 0 Å². The summed E-state index contributed by atoms with van der Waals surface area (Å²) in [6.07, 6.45) is 0. The molecule has 0 bridgehead atoms. The van der Waals surface area contributed by atoms with Gasteiger partial charge >= 0.3 is 0 Å². The zero-order chi connectivity index (χ0) is 12.7. The predicted octanol–water partition coefficient (Wildman–Crippen LogP) is 2.92. The maximum Gasteiger partial charge on any atom is 0.194 e. The number of ether oxygens (including phenoxy) is 2. The molecule has 0 saturated carbocycles. The van der Waals surface area contributed by atoms with Gasteiger partial charge in [-0.2, -0.15) is 0 Å². The van der Waals surface area contributed by atoms with Crippen molar-refractivity contribution in [3.8, 4) is 22.6 Å². The molecule has 2 aromatic rings. The average Bonchev–Trinajstić information content (AvgIpc) is 2.72. The molecule has 0 saturated heterocycles. The van der Waals surface area contributed by atoms with Crippen LogP contribution in [0.15, 0.2) is 36.4 Å². The van der Waals surface area contributed by atoms with Gasteiger partial charge in [-0.25, -0.2) is 0 Å². The standard InChI is InChI=1S/C15H12O3/c1-17-9-7-12-14(13(8-9)18-2)10-5-3-4-6-11(10)15(12)16/h3-8H,1-2H3. The second kappa shape index (κ2) is 3.88. The molecule has 3 heteroatoms. The van der Waals surface area contributed by atoms with Gasteiger partial charge in [0.2, 0.25) is 0 Å². The second-order valence-corrected chi connectivity index (χ2v) is 4.13. The van der Waals surface area contributed by atoms with Gasteiger partial charge in [0.05, 0.1) is 14.2 Å². The molecule has 0 heterocycles. The van der Waals surface area contributed by atoms with Crippen molar-refractivity contribution in [3.05, 3.63) is 47.5 Å². The summed E-state index contributed by atoms with van der Waals surface area (Å²) >= 11 is 0. The zero-order valence-electron chi connectivity index (χ0n) is 10.2. The van der Waals surface area contributed by atoms with Crippen LogP contribution in [0.3, 0.4) is 0 Å². The number of methoxy groups -OCH3 is 2. The van der Waals surface area contributed by atoms with Crippen LogP contribution >= 0.6 is 0 Å². The highest BCUT2D eigenvalue weighted by Gasteiger charge is 2.29. The Balaban J connectivity index is 2.35. The Morgan fingerprint density at radius 3 is 2.28 bits per heavy atom. The molecule has 0 atom stereocenters. The maximum absolute atomic E-state index is 12.3. The van der Waals surface area contributed by atoms with Gasteiger partial charge in [0, 0.05) is 22.8 Å². The topological polar surface area (TPSA) is 35.5 Å². The molecule has 0 amide bonds. The Bertz CT molecular complexity index is 644. The molecular formula is C15H12O3. The molecule has 2 aromatic carbocycles. The first-order valence-electron chi connectivity index (χ1n) is 5.66. The Hall–Kier alpha value is -2.29. The lowest BCUT2D eigenvalue weighted by atomic mass is 10.0. The largest absolute Gasteiger partial charge is 0.497 e. The van der Waals surface area contributed by atoms with Crippen molar-refractivity contribution < 1.29 is 14.3 Å². The average molecular weight is 240 g/mol. The van der Waals surface area contributed by atoms with Gasteiger partial charge in [-0.05, 0) is 11.6 Å². The van der Waals surface area contributed by atoms with E-state index in [2.05, 4.69) is 0 Å². The lowest BCUT2D eigenvalue weighted by molar-refractivity contribution is 0.104. The number of hydrogen-bond donors (Lipinski definition) is 0. The Morgan fingerprint density at radius 2 is 1.61 bits per heavy atom. The first-order valence-corrected chi connectivity index (χ1v) is 5.66. The Morgan fingerprint density at radius 1 is 0.889 bits per heavy atom. The van der Waals surface area contributed by atoms with Crippen molar-refractivity contribution in [3.63, 3.8) is 0 Å².